The lowest BCUT2D eigenvalue weighted by atomic mass is 10.0. The summed E-state index contributed by atoms with van der Waals surface area (Å²) in [5.74, 6) is -1.05. The molecule has 6 heteroatoms. The average molecular weight is 317 g/mol. The predicted molar refractivity (Wildman–Crippen MR) is 86.4 cm³/mol. The maximum Gasteiger partial charge on any atom is 0.346 e. The molecule has 0 saturated carbocycles. The fourth-order valence-electron chi connectivity index (χ4n) is 2.12. The monoisotopic (exact) mass is 317 g/mol. The highest BCUT2D eigenvalue weighted by Gasteiger charge is 2.11. The van der Waals surface area contributed by atoms with Crippen LogP contribution in [-0.2, 0) is 4.79 Å². The molecule has 6 nitrogen and oxygen atoms in total. The van der Waals surface area contributed by atoms with Crippen molar-refractivity contribution in [3.63, 3.8) is 0 Å². The van der Waals surface area contributed by atoms with Crippen LogP contribution in [0.15, 0.2) is 64.7 Å². The van der Waals surface area contributed by atoms with Crippen molar-refractivity contribution in [2.45, 2.75) is 0 Å². The first kappa shape index (κ1) is 15.2. The van der Waals surface area contributed by atoms with E-state index in [1.165, 1.54) is 0 Å². The number of benzene rings is 2. The summed E-state index contributed by atoms with van der Waals surface area (Å²) in [5.41, 5.74) is 2.40. The number of aliphatic carboxylic acids is 1. The minimum atomic E-state index is -1.34. The fourth-order valence-corrected chi connectivity index (χ4v) is 2.12. The molecule has 116 valence electrons. The number of nitrogens with zero attached hydrogens (tertiary/aromatic N) is 3. The van der Waals surface area contributed by atoms with Crippen molar-refractivity contribution in [2.24, 2.45) is 0 Å². The van der Waals surface area contributed by atoms with E-state index in [9.17, 15) is 4.79 Å². The molecular formula is C18H11N3O3. The molecule has 0 saturated heterocycles. The van der Waals surface area contributed by atoms with E-state index < -0.39 is 11.5 Å². The van der Waals surface area contributed by atoms with E-state index in [0.717, 1.165) is 17.2 Å². The zero-order valence-corrected chi connectivity index (χ0v) is 12.4. The Bertz CT molecular complexity index is 936. The smallest absolute Gasteiger partial charge is 0.346 e. The van der Waals surface area contributed by atoms with Crippen LogP contribution in [0.4, 0.5) is 0 Å². The zero-order valence-electron chi connectivity index (χ0n) is 12.4. The van der Waals surface area contributed by atoms with E-state index in [-0.39, 0.29) is 11.7 Å². The molecular weight excluding hydrogens is 306 g/mol. The molecule has 1 N–H and O–H groups in total. The standard InChI is InChI=1S/C18H11N3O3/c19-11-15(18(22)23)10-16-20-17(24-21-16)14-8-6-13(7-9-14)12-4-2-1-3-5-12/h1-10H,(H,22,23)/b15-10+. The van der Waals surface area contributed by atoms with E-state index in [4.69, 9.17) is 14.9 Å². The van der Waals surface area contributed by atoms with Gasteiger partial charge in [-0.05, 0) is 23.3 Å². The maximum absolute atomic E-state index is 10.8. The van der Waals surface area contributed by atoms with Gasteiger partial charge in [-0.2, -0.15) is 10.2 Å². The second-order valence-electron chi connectivity index (χ2n) is 4.88. The predicted octanol–water partition coefficient (Wildman–Crippen LogP) is 3.40. The SMILES string of the molecule is N#C/C(=C\c1noc(-c2ccc(-c3ccccc3)cc2)n1)C(=O)O. The fraction of sp³-hybridized carbons (Fsp3) is 0. The van der Waals surface area contributed by atoms with Crippen molar-refractivity contribution >= 4 is 12.0 Å². The van der Waals surface area contributed by atoms with E-state index in [1.807, 2.05) is 54.6 Å². The Morgan fingerprint density at radius 1 is 1.04 bits per heavy atom. The van der Waals surface area contributed by atoms with E-state index in [0.29, 0.717) is 5.56 Å². The highest BCUT2D eigenvalue weighted by Crippen LogP contribution is 2.24. The van der Waals surface area contributed by atoms with Gasteiger partial charge in [0.1, 0.15) is 11.6 Å². The van der Waals surface area contributed by atoms with Gasteiger partial charge >= 0.3 is 5.97 Å². The first-order valence-electron chi connectivity index (χ1n) is 7.02. The molecule has 1 heterocycles. The van der Waals surface area contributed by atoms with Gasteiger partial charge in [-0.1, -0.05) is 47.6 Å². The van der Waals surface area contributed by atoms with Crippen LogP contribution in [0.5, 0.6) is 0 Å². The topological polar surface area (TPSA) is 100 Å². The van der Waals surface area contributed by atoms with Crippen LogP contribution >= 0.6 is 0 Å². The summed E-state index contributed by atoms with van der Waals surface area (Å²) in [7, 11) is 0. The van der Waals surface area contributed by atoms with Crippen molar-refractivity contribution in [1.29, 1.82) is 5.26 Å². The van der Waals surface area contributed by atoms with Gasteiger partial charge < -0.3 is 9.63 Å². The van der Waals surface area contributed by atoms with Crippen molar-refractivity contribution in [3.8, 4) is 28.7 Å². The van der Waals surface area contributed by atoms with Gasteiger partial charge in [0.2, 0.25) is 0 Å². The Morgan fingerprint density at radius 3 is 2.29 bits per heavy atom. The van der Waals surface area contributed by atoms with Gasteiger partial charge in [0, 0.05) is 11.6 Å². The summed E-state index contributed by atoms with van der Waals surface area (Å²) in [5, 5.41) is 21.2. The van der Waals surface area contributed by atoms with Crippen LogP contribution in [0.3, 0.4) is 0 Å². The summed E-state index contributed by atoms with van der Waals surface area (Å²) in [6, 6.07) is 19.0. The molecule has 0 amide bonds. The molecule has 1 aromatic heterocycles. The van der Waals surface area contributed by atoms with Crippen LogP contribution in [0, 0.1) is 11.3 Å². The van der Waals surface area contributed by atoms with Crippen molar-refractivity contribution in [3.05, 3.63) is 66.0 Å². The highest BCUT2D eigenvalue weighted by atomic mass is 16.5. The summed E-state index contributed by atoms with van der Waals surface area (Å²) in [6.45, 7) is 0. The molecule has 0 aliphatic heterocycles. The van der Waals surface area contributed by atoms with Gasteiger partial charge in [-0.25, -0.2) is 4.79 Å². The van der Waals surface area contributed by atoms with E-state index in [1.54, 1.807) is 6.07 Å². The van der Waals surface area contributed by atoms with Crippen LogP contribution < -0.4 is 0 Å². The molecule has 0 aliphatic rings. The number of carboxylic acid groups (broad SMARTS) is 1. The number of hydrogen-bond donors (Lipinski definition) is 1. The zero-order chi connectivity index (χ0) is 16.9. The van der Waals surface area contributed by atoms with Crippen molar-refractivity contribution in [2.75, 3.05) is 0 Å². The lowest BCUT2D eigenvalue weighted by molar-refractivity contribution is -0.132. The maximum atomic E-state index is 10.8. The van der Waals surface area contributed by atoms with Crippen molar-refractivity contribution in [1.82, 2.24) is 10.1 Å². The average Bonchev–Trinajstić information content (AvgIpc) is 3.09. The molecule has 0 aliphatic carbocycles. The third-order valence-electron chi connectivity index (χ3n) is 3.31. The minimum absolute atomic E-state index is 0.0380. The molecule has 3 aromatic rings. The summed E-state index contributed by atoms with van der Waals surface area (Å²) < 4.78 is 5.11. The normalized spacial score (nSPS) is 11.0. The van der Waals surface area contributed by atoms with Gasteiger partial charge in [0.25, 0.3) is 5.89 Å². The molecule has 0 radical (unpaired) electrons. The summed E-state index contributed by atoms with van der Waals surface area (Å²) in [6.07, 6.45) is 1.06. The highest BCUT2D eigenvalue weighted by molar-refractivity contribution is 5.95. The van der Waals surface area contributed by atoms with Gasteiger partial charge in [-0.15, -0.1) is 0 Å². The molecule has 0 fully saturated rings. The Labute approximate surface area is 137 Å². The second-order valence-corrected chi connectivity index (χ2v) is 4.88. The third-order valence-corrected chi connectivity index (χ3v) is 3.31. The lowest BCUT2D eigenvalue weighted by Crippen LogP contribution is -1.97. The Balaban J connectivity index is 1.86. The van der Waals surface area contributed by atoms with Gasteiger partial charge in [0.15, 0.2) is 5.82 Å². The van der Waals surface area contributed by atoms with Crippen molar-refractivity contribution < 1.29 is 14.4 Å². The molecule has 0 unspecified atom stereocenters. The van der Waals surface area contributed by atoms with E-state index in [2.05, 4.69) is 10.1 Å². The number of carbonyl (C=O) groups is 1. The molecule has 0 atom stereocenters. The Morgan fingerprint density at radius 2 is 1.67 bits per heavy atom. The second kappa shape index (κ2) is 6.58. The van der Waals surface area contributed by atoms with Gasteiger partial charge in [0.05, 0.1) is 0 Å². The molecule has 24 heavy (non-hydrogen) atoms. The number of hydrogen-bond acceptors (Lipinski definition) is 5. The molecule has 3 rings (SSSR count). The summed E-state index contributed by atoms with van der Waals surface area (Å²) in [4.78, 5) is 14.9. The largest absolute Gasteiger partial charge is 0.477 e. The van der Waals surface area contributed by atoms with Crippen LogP contribution in [0.2, 0.25) is 0 Å². The molecule has 0 spiro atoms. The van der Waals surface area contributed by atoms with E-state index >= 15 is 0 Å². The lowest BCUT2D eigenvalue weighted by Gasteiger charge is -2.01. The third kappa shape index (κ3) is 3.20. The minimum Gasteiger partial charge on any atom is -0.477 e. The summed E-state index contributed by atoms with van der Waals surface area (Å²) >= 11 is 0. The Kier molecular flexibility index (Phi) is 4.17. The number of carboxylic acids is 1. The van der Waals surface area contributed by atoms with Crippen LogP contribution in [-0.4, -0.2) is 21.2 Å². The number of nitriles is 1. The first-order chi connectivity index (χ1) is 11.7. The first-order valence-corrected chi connectivity index (χ1v) is 7.02. The van der Waals surface area contributed by atoms with Gasteiger partial charge in [-0.3, -0.25) is 0 Å². The molecule has 2 aromatic carbocycles. The number of rotatable bonds is 4. The molecule has 0 bridgehead atoms. The quantitative estimate of drug-likeness (QED) is 0.584. The van der Waals surface area contributed by atoms with Crippen LogP contribution in [0.1, 0.15) is 5.82 Å². The Hall–Kier alpha value is -3.72. The van der Waals surface area contributed by atoms with Crippen LogP contribution in [0.25, 0.3) is 28.7 Å². The number of aromatic nitrogens is 2.